The second-order valence-corrected chi connectivity index (χ2v) is 7.24. The number of fused-ring (bicyclic) bond motifs is 2. The molecule has 0 aromatic carbocycles. The lowest BCUT2D eigenvalue weighted by Crippen LogP contribution is -2.68. The molecule has 6 nitrogen and oxygen atoms in total. The molecule has 3 saturated carbocycles. The molecule has 0 unspecified atom stereocenters. The van der Waals surface area contributed by atoms with E-state index in [4.69, 9.17) is 0 Å². The van der Waals surface area contributed by atoms with Crippen molar-refractivity contribution in [1.82, 2.24) is 4.90 Å². The number of hydrogen-bond donors (Lipinski definition) is 2. The van der Waals surface area contributed by atoms with Gasteiger partial charge in [-0.05, 0) is 30.1 Å². The second kappa shape index (κ2) is 4.36. The molecular formula is C15H21NO5. The first-order valence-corrected chi connectivity index (χ1v) is 7.47. The summed E-state index contributed by atoms with van der Waals surface area (Å²) in [4.78, 5) is 36.1. The molecule has 2 N–H and O–H groups in total. The number of imide groups is 3. The smallest absolute Gasteiger partial charge is 0.239 e. The summed E-state index contributed by atoms with van der Waals surface area (Å²) >= 11 is 0. The van der Waals surface area contributed by atoms with Gasteiger partial charge < -0.3 is 10.2 Å². The van der Waals surface area contributed by atoms with Crippen LogP contribution in [0.3, 0.4) is 0 Å². The quantitative estimate of drug-likeness (QED) is 0.710. The van der Waals surface area contributed by atoms with Gasteiger partial charge in [-0.25, -0.2) is 4.90 Å². The van der Waals surface area contributed by atoms with Gasteiger partial charge in [-0.15, -0.1) is 0 Å². The maximum absolute atomic E-state index is 12.3. The molecule has 4 rings (SSSR count). The topological polar surface area (TPSA) is 94.9 Å². The summed E-state index contributed by atoms with van der Waals surface area (Å²) in [6.07, 6.45) is -0.0336. The Kier molecular flexibility index (Phi) is 3.05. The van der Waals surface area contributed by atoms with Gasteiger partial charge in [0, 0.05) is 12.8 Å². The van der Waals surface area contributed by atoms with E-state index < -0.39 is 29.4 Å². The molecule has 0 aromatic heterocycles. The number of nitrogens with zero attached hydrogens (tertiary/aromatic N) is 1. The van der Waals surface area contributed by atoms with E-state index in [9.17, 15) is 24.6 Å². The second-order valence-electron chi connectivity index (χ2n) is 7.24. The van der Waals surface area contributed by atoms with Crippen molar-refractivity contribution in [2.24, 2.45) is 17.3 Å². The van der Waals surface area contributed by atoms with E-state index in [-0.39, 0.29) is 30.6 Å². The molecule has 0 radical (unpaired) electrons. The van der Waals surface area contributed by atoms with Crippen LogP contribution in [0.2, 0.25) is 0 Å². The SMILES string of the molecule is CC1(C)[C@@H]2C[C@H]1[C@](O)(CC(=O)N1C(=O)CCC1=O)[C@@H](O)C2. The molecule has 6 heteroatoms. The van der Waals surface area contributed by atoms with E-state index in [0.29, 0.717) is 17.2 Å². The fourth-order valence-electron chi connectivity index (χ4n) is 4.39. The van der Waals surface area contributed by atoms with Crippen LogP contribution in [0.1, 0.15) is 46.0 Å². The summed E-state index contributed by atoms with van der Waals surface area (Å²) in [5, 5.41) is 21.1. The van der Waals surface area contributed by atoms with Crippen LogP contribution in [0.25, 0.3) is 0 Å². The number of rotatable bonds is 2. The minimum absolute atomic E-state index is 0.0442. The van der Waals surface area contributed by atoms with Gasteiger partial charge in [0.25, 0.3) is 0 Å². The van der Waals surface area contributed by atoms with E-state index in [1.807, 2.05) is 13.8 Å². The van der Waals surface area contributed by atoms with Crippen molar-refractivity contribution in [3.63, 3.8) is 0 Å². The molecular weight excluding hydrogens is 274 g/mol. The predicted octanol–water partition coefficient (Wildman–Crippen LogP) is 0.210. The number of aliphatic hydroxyl groups is 2. The standard InChI is InChI=1S/C15H21NO5/c1-14(2)8-5-9(14)15(21,10(17)6-8)7-13(20)16-11(18)3-4-12(16)19/h8-10,17,21H,3-7H2,1-2H3/t8-,9-,10+,15-/m1/s1. The summed E-state index contributed by atoms with van der Waals surface area (Å²) in [5.41, 5.74) is -1.67. The third kappa shape index (κ3) is 1.89. The summed E-state index contributed by atoms with van der Waals surface area (Å²) in [5.74, 6) is -1.54. The molecule has 4 fully saturated rings. The molecule has 1 saturated heterocycles. The number of hydrogen-bond acceptors (Lipinski definition) is 5. The molecule has 0 aromatic rings. The zero-order chi connectivity index (χ0) is 15.6. The molecule has 3 aliphatic carbocycles. The lowest BCUT2D eigenvalue weighted by Gasteiger charge is -2.64. The van der Waals surface area contributed by atoms with Gasteiger partial charge >= 0.3 is 0 Å². The Morgan fingerprint density at radius 1 is 1.24 bits per heavy atom. The van der Waals surface area contributed by atoms with Gasteiger partial charge in [0.15, 0.2) is 0 Å². The Morgan fingerprint density at radius 2 is 1.81 bits per heavy atom. The highest BCUT2D eigenvalue weighted by molar-refractivity contribution is 6.15. The number of amides is 3. The number of carbonyl (C=O) groups is 3. The highest BCUT2D eigenvalue weighted by Crippen LogP contribution is 2.63. The van der Waals surface area contributed by atoms with Crippen molar-refractivity contribution in [3.05, 3.63) is 0 Å². The van der Waals surface area contributed by atoms with Gasteiger partial charge in [0.05, 0.1) is 12.5 Å². The molecule has 2 bridgehead atoms. The maximum Gasteiger partial charge on any atom is 0.239 e. The maximum atomic E-state index is 12.3. The lowest BCUT2D eigenvalue weighted by molar-refractivity contribution is -0.254. The van der Waals surface area contributed by atoms with Gasteiger partial charge in [0.2, 0.25) is 17.7 Å². The summed E-state index contributed by atoms with van der Waals surface area (Å²) in [6, 6.07) is 0. The van der Waals surface area contributed by atoms with Crippen molar-refractivity contribution < 1.29 is 24.6 Å². The molecule has 21 heavy (non-hydrogen) atoms. The van der Waals surface area contributed by atoms with Gasteiger partial charge in [0.1, 0.15) is 5.60 Å². The predicted molar refractivity (Wildman–Crippen MR) is 71.7 cm³/mol. The summed E-state index contributed by atoms with van der Waals surface area (Å²) in [7, 11) is 0. The van der Waals surface area contributed by atoms with E-state index >= 15 is 0 Å². The Hall–Kier alpha value is -1.27. The van der Waals surface area contributed by atoms with Crippen LogP contribution < -0.4 is 0 Å². The minimum atomic E-state index is -1.54. The molecule has 0 spiro atoms. The lowest BCUT2D eigenvalue weighted by atomic mass is 9.43. The van der Waals surface area contributed by atoms with Crippen LogP contribution >= 0.6 is 0 Å². The minimum Gasteiger partial charge on any atom is -0.390 e. The largest absolute Gasteiger partial charge is 0.390 e. The van der Waals surface area contributed by atoms with Gasteiger partial charge in [-0.3, -0.25) is 14.4 Å². The fourth-order valence-corrected chi connectivity index (χ4v) is 4.39. The fraction of sp³-hybridized carbons (Fsp3) is 0.800. The van der Waals surface area contributed by atoms with Crippen LogP contribution in [-0.2, 0) is 14.4 Å². The Labute approximate surface area is 123 Å². The van der Waals surface area contributed by atoms with Crippen molar-refractivity contribution in [3.8, 4) is 0 Å². The van der Waals surface area contributed by atoms with Crippen LogP contribution in [0.15, 0.2) is 0 Å². The molecule has 4 atom stereocenters. The van der Waals surface area contributed by atoms with Crippen LogP contribution in [0.5, 0.6) is 0 Å². The molecule has 1 heterocycles. The normalized spacial score (nSPS) is 41.1. The van der Waals surface area contributed by atoms with Crippen molar-refractivity contribution in [1.29, 1.82) is 0 Å². The van der Waals surface area contributed by atoms with E-state index in [0.717, 1.165) is 6.42 Å². The third-order valence-electron chi connectivity index (χ3n) is 5.89. The average Bonchev–Trinajstić information content (AvgIpc) is 2.71. The van der Waals surface area contributed by atoms with Gasteiger partial charge in [-0.2, -0.15) is 0 Å². The number of carbonyl (C=O) groups excluding carboxylic acids is 3. The Morgan fingerprint density at radius 3 is 2.33 bits per heavy atom. The molecule has 1 aliphatic heterocycles. The monoisotopic (exact) mass is 295 g/mol. The molecule has 116 valence electrons. The van der Waals surface area contributed by atoms with Crippen molar-refractivity contribution >= 4 is 17.7 Å². The highest BCUT2D eigenvalue weighted by atomic mass is 16.3. The Bertz CT molecular complexity index is 512. The van der Waals surface area contributed by atoms with Crippen LogP contribution in [0, 0.1) is 17.3 Å². The third-order valence-corrected chi connectivity index (χ3v) is 5.89. The van der Waals surface area contributed by atoms with Crippen LogP contribution in [-0.4, -0.2) is 44.5 Å². The van der Waals surface area contributed by atoms with E-state index in [1.165, 1.54) is 0 Å². The first-order valence-electron chi connectivity index (χ1n) is 7.47. The van der Waals surface area contributed by atoms with Gasteiger partial charge in [-0.1, -0.05) is 13.8 Å². The van der Waals surface area contributed by atoms with E-state index in [2.05, 4.69) is 0 Å². The number of likely N-dealkylation sites (tertiary alicyclic amines) is 1. The molecule has 3 amide bonds. The highest BCUT2D eigenvalue weighted by Gasteiger charge is 2.65. The van der Waals surface area contributed by atoms with E-state index in [1.54, 1.807) is 0 Å². The van der Waals surface area contributed by atoms with Crippen molar-refractivity contribution in [2.45, 2.75) is 57.7 Å². The number of aliphatic hydroxyl groups excluding tert-OH is 1. The average molecular weight is 295 g/mol. The Balaban J connectivity index is 1.81. The van der Waals surface area contributed by atoms with Crippen LogP contribution in [0.4, 0.5) is 0 Å². The summed E-state index contributed by atoms with van der Waals surface area (Å²) < 4.78 is 0. The zero-order valence-corrected chi connectivity index (χ0v) is 12.3. The molecule has 4 aliphatic rings. The first-order chi connectivity index (χ1) is 9.68. The first kappa shape index (κ1) is 14.7. The zero-order valence-electron chi connectivity index (χ0n) is 12.3. The summed E-state index contributed by atoms with van der Waals surface area (Å²) in [6.45, 7) is 4.05. The van der Waals surface area contributed by atoms with Crippen molar-refractivity contribution in [2.75, 3.05) is 0 Å².